The molecule has 1 aromatic carbocycles. The molecule has 32 heavy (non-hydrogen) atoms. The van der Waals surface area contributed by atoms with Crippen LogP contribution in [0.15, 0.2) is 54.7 Å². The molecule has 0 spiro atoms. The lowest BCUT2D eigenvalue weighted by molar-refractivity contribution is 0.102. The third-order valence-electron chi connectivity index (χ3n) is 5.14. The zero-order valence-electron chi connectivity index (χ0n) is 18.2. The van der Waals surface area contributed by atoms with Gasteiger partial charge in [-0.05, 0) is 68.8 Å². The van der Waals surface area contributed by atoms with Gasteiger partial charge in [-0.15, -0.1) is 10.2 Å². The van der Waals surface area contributed by atoms with Crippen molar-refractivity contribution in [1.82, 2.24) is 25.0 Å². The first-order valence-corrected chi connectivity index (χ1v) is 10.00. The molecule has 0 atom stereocenters. The molecular formula is C23H23N7O2. The van der Waals surface area contributed by atoms with Crippen LogP contribution in [0.2, 0.25) is 0 Å². The number of hydrogen-bond acceptors (Lipinski definition) is 7. The molecule has 0 aliphatic carbocycles. The predicted octanol–water partition coefficient (Wildman–Crippen LogP) is 3.99. The molecule has 0 saturated heterocycles. The van der Waals surface area contributed by atoms with E-state index in [1.807, 2.05) is 45.0 Å². The number of hydrogen-bond donors (Lipinski definition) is 2. The summed E-state index contributed by atoms with van der Waals surface area (Å²) in [5, 5.41) is 19.1. The Kier molecular flexibility index (Phi) is 5.80. The van der Waals surface area contributed by atoms with Crippen LogP contribution >= 0.6 is 0 Å². The summed E-state index contributed by atoms with van der Waals surface area (Å²) in [4.78, 5) is 16.4. The first kappa shape index (κ1) is 21.0. The average molecular weight is 429 g/mol. The zero-order valence-corrected chi connectivity index (χ0v) is 18.2. The van der Waals surface area contributed by atoms with Crippen molar-refractivity contribution >= 4 is 23.1 Å². The maximum Gasteiger partial charge on any atom is 0.257 e. The van der Waals surface area contributed by atoms with Gasteiger partial charge in [-0.1, -0.05) is 0 Å². The quantitative estimate of drug-likeness (QED) is 0.477. The molecule has 9 heteroatoms. The van der Waals surface area contributed by atoms with E-state index >= 15 is 0 Å². The highest BCUT2D eigenvalue weighted by Crippen LogP contribution is 2.20. The molecule has 0 saturated carbocycles. The number of rotatable bonds is 6. The van der Waals surface area contributed by atoms with Gasteiger partial charge in [-0.2, -0.15) is 5.10 Å². The first-order chi connectivity index (χ1) is 15.4. The Hall–Kier alpha value is -4.27. The number of carbonyl (C=O) groups is 1. The molecule has 0 bridgehead atoms. The van der Waals surface area contributed by atoms with Crippen LogP contribution in [0, 0.1) is 20.8 Å². The number of aryl methyl sites for hydroxylation is 1. The largest absolute Gasteiger partial charge is 0.481 e. The summed E-state index contributed by atoms with van der Waals surface area (Å²) in [6.07, 6.45) is 1.47. The van der Waals surface area contributed by atoms with Crippen molar-refractivity contribution in [3.63, 3.8) is 0 Å². The van der Waals surface area contributed by atoms with Crippen molar-refractivity contribution < 1.29 is 9.53 Å². The summed E-state index contributed by atoms with van der Waals surface area (Å²) in [6.45, 7) is 6.02. The van der Waals surface area contributed by atoms with Gasteiger partial charge in [-0.25, -0.2) is 9.67 Å². The maximum absolute atomic E-state index is 12.4. The van der Waals surface area contributed by atoms with Crippen LogP contribution in [0.3, 0.4) is 0 Å². The Balaban J connectivity index is 1.40. The van der Waals surface area contributed by atoms with E-state index in [2.05, 4.69) is 30.9 Å². The SMILES string of the molecule is COc1ccc(C(=O)Nc2ccc(Nc3ccc(-n4nc(C)c(C)c4C)nn3)cc2)cn1. The minimum atomic E-state index is -0.248. The highest BCUT2D eigenvalue weighted by atomic mass is 16.5. The molecule has 9 nitrogen and oxygen atoms in total. The van der Waals surface area contributed by atoms with Crippen LogP contribution in [0.5, 0.6) is 5.88 Å². The third kappa shape index (κ3) is 4.41. The molecular weight excluding hydrogens is 406 g/mol. The number of aromatic nitrogens is 5. The van der Waals surface area contributed by atoms with Crippen molar-refractivity contribution in [1.29, 1.82) is 0 Å². The molecule has 0 unspecified atom stereocenters. The molecule has 4 aromatic rings. The lowest BCUT2D eigenvalue weighted by atomic mass is 10.2. The summed E-state index contributed by atoms with van der Waals surface area (Å²) in [7, 11) is 1.53. The maximum atomic E-state index is 12.4. The third-order valence-corrected chi connectivity index (χ3v) is 5.14. The van der Waals surface area contributed by atoms with Gasteiger partial charge in [0.05, 0.1) is 18.4 Å². The fourth-order valence-corrected chi connectivity index (χ4v) is 3.07. The molecule has 1 amide bonds. The van der Waals surface area contributed by atoms with Crippen molar-refractivity contribution in [2.45, 2.75) is 20.8 Å². The number of nitrogens with zero attached hydrogens (tertiary/aromatic N) is 5. The molecule has 2 N–H and O–H groups in total. The summed E-state index contributed by atoms with van der Waals surface area (Å²) in [5.41, 5.74) is 5.09. The number of methoxy groups -OCH3 is 1. The van der Waals surface area contributed by atoms with E-state index in [1.165, 1.54) is 13.3 Å². The van der Waals surface area contributed by atoms with E-state index in [0.29, 0.717) is 28.8 Å². The molecule has 0 radical (unpaired) electrons. The fourth-order valence-electron chi connectivity index (χ4n) is 3.07. The lowest BCUT2D eigenvalue weighted by Crippen LogP contribution is -2.12. The summed E-state index contributed by atoms with van der Waals surface area (Å²) in [6, 6.07) is 14.3. The van der Waals surface area contributed by atoms with E-state index in [0.717, 1.165) is 22.6 Å². The average Bonchev–Trinajstić information content (AvgIpc) is 3.08. The van der Waals surface area contributed by atoms with Crippen molar-refractivity contribution in [3.8, 4) is 11.7 Å². The molecule has 3 aromatic heterocycles. The van der Waals surface area contributed by atoms with Gasteiger partial charge in [0.1, 0.15) is 0 Å². The van der Waals surface area contributed by atoms with E-state index < -0.39 is 0 Å². The Morgan fingerprint density at radius 3 is 2.25 bits per heavy atom. The number of pyridine rings is 1. The second kappa shape index (κ2) is 8.84. The highest BCUT2D eigenvalue weighted by Gasteiger charge is 2.11. The second-order valence-corrected chi connectivity index (χ2v) is 7.23. The lowest BCUT2D eigenvalue weighted by Gasteiger charge is -2.09. The van der Waals surface area contributed by atoms with Gasteiger partial charge < -0.3 is 15.4 Å². The monoisotopic (exact) mass is 429 g/mol. The Bertz CT molecular complexity index is 1230. The minimum Gasteiger partial charge on any atom is -0.481 e. The van der Waals surface area contributed by atoms with E-state index in [9.17, 15) is 4.79 Å². The van der Waals surface area contributed by atoms with E-state index in [4.69, 9.17) is 4.74 Å². The van der Waals surface area contributed by atoms with Crippen LogP contribution in [0.1, 0.15) is 27.3 Å². The summed E-state index contributed by atoms with van der Waals surface area (Å²) < 4.78 is 6.79. The Morgan fingerprint density at radius 2 is 1.69 bits per heavy atom. The topological polar surface area (TPSA) is 107 Å². The standard InChI is InChI=1S/C23H23N7O2/c1-14-15(2)29-30(16(14)3)21-11-10-20(27-28-21)25-18-6-8-19(9-7-18)26-23(31)17-5-12-22(32-4)24-13-17/h5-13H,1-4H3,(H,25,27)(H,26,31). The van der Waals surface area contributed by atoms with Crippen molar-refractivity contribution in [2.24, 2.45) is 0 Å². The van der Waals surface area contributed by atoms with Crippen LogP contribution in [0.25, 0.3) is 5.82 Å². The van der Waals surface area contributed by atoms with Crippen LogP contribution in [-0.4, -0.2) is 38.0 Å². The zero-order chi connectivity index (χ0) is 22.7. The molecule has 0 aliphatic rings. The molecule has 3 heterocycles. The number of carbonyl (C=O) groups excluding carboxylic acids is 1. The van der Waals surface area contributed by atoms with Gasteiger partial charge in [-0.3, -0.25) is 4.79 Å². The number of ether oxygens (including phenoxy) is 1. The molecule has 0 aliphatic heterocycles. The smallest absolute Gasteiger partial charge is 0.257 e. The van der Waals surface area contributed by atoms with Gasteiger partial charge in [0.15, 0.2) is 11.6 Å². The van der Waals surface area contributed by atoms with Gasteiger partial charge >= 0.3 is 0 Å². The van der Waals surface area contributed by atoms with Crippen molar-refractivity contribution in [2.75, 3.05) is 17.7 Å². The van der Waals surface area contributed by atoms with Crippen LogP contribution in [-0.2, 0) is 0 Å². The summed E-state index contributed by atoms with van der Waals surface area (Å²) >= 11 is 0. The molecule has 4 rings (SSSR count). The van der Waals surface area contributed by atoms with Gasteiger partial charge in [0, 0.05) is 29.3 Å². The number of amides is 1. The van der Waals surface area contributed by atoms with Crippen molar-refractivity contribution in [3.05, 3.63) is 77.2 Å². The van der Waals surface area contributed by atoms with Gasteiger partial charge in [0.2, 0.25) is 5.88 Å². The first-order valence-electron chi connectivity index (χ1n) is 10.00. The number of benzene rings is 1. The Labute approximate surface area is 185 Å². The predicted molar refractivity (Wildman–Crippen MR) is 122 cm³/mol. The highest BCUT2D eigenvalue weighted by molar-refractivity contribution is 6.04. The molecule has 162 valence electrons. The Morgan fingerprint density at radius 1 is 0.938 bits per heavy atom. The summed E-state index contributed by atoms with van der Waals surface area (Å²) in [5.74, 6) is 1.48. The number of anilines is 3. The normalized spacial score (nSPS) is 10.6. The molecule has 0 fully saturated rings. The van der Waals surface area contributed by atoms with Crippen LogP contribution < -0.4 is 15.4 Å². The fraction of sp³-hybridized carbons (Fsp3) is 0.174. The van der Waals surface area contributed by atoms with Crippen LogP contribution in [0.4, 0.5) is 17.2 Å². The van der Waals surface area contributed by atoms with E-state index in [1.54, 1.807) is 28.9 Å². The van der Waals surface area contributed by atoms with E-state index in [-0.39, 0.29) is 5.91 Å². The van der Waals surface area contributed by atoms with Gasteiger partial charge in [0.25, 0.3) is 5.91 Å². The number of nitrogens with one attached hydrogen (secondary N) is 2. The minimum absolute atomic E-state index is 0.248. The second-order valence-electron chi connectivity index (χ2n) is 7.23.